The molecule has 0 aliphatic heterocycles. The Morgan fingerprint density at radius 1 is 0.333 bits per heavy atom. The minimum absolute atomic E-state index is 0.292. The van der Waals surface area contributed by atoms with Crippen LogP contribution in [0.1, 0.15) is 260 Å². The van der Waals surface area contributed by atoms with Gasteiger partial charge in [0, 0.05) is 13.0 Å². The fraction of sp³-hybridized carbons (Fsp3) is 0.976. The third kappa shape index (κ3) is 70.9. The van der Waals surface area contributed by atoms with E-state index >= 15 is 0 Å². The number of unbranched alkanes of at least 4 members (excludes halogenated alkanes) is 30. The maximum atomic E-state index is 9.74. The molecule has 0 aliphatic carbocycles. The lowest BCUT2D eigenvalue weighted by molar-refractivity contribution is -0.117. The molecule has 0 bridgehead atoms. The molecule has 276 valence electrons. The molecule has 0 saturated carbocycles. The fourth-order valence-electron chi connectivity index (χ4n) is 5.38. The van der Waals surface area contributed by atoms with Crippen molar-refractivity contribution < 1.29 is 4.79 Å². The predicted molar refractivity (Wildman–Crippen MR) is 209 cm³/mol. The second kappa shape index (κ2) is 55.8. The Morgan fingerprint density at radius 3 is 0.533 bits per heavy atom. The van der Waals surface area contributed by atoms with Crippen LogP contribution in [-0.2, 0) is 4.79 Å². The highest BCUT2D eigenvalue weighted by atomic mass is 16.1. The summed E-state index contributed by atoms with van der Waals surface area (Å²) in [7, 11) is 0. The normalized spacial score (nSPS) is 10.3. The average molecular weight is 641 g/mol. The molecule has 0 aromatic heterocycles. The Labute approximate surface area is 288 Å². The molecule has 3 nitrogen and oxygen atoms in total. The molecule has 0 aromatic carbocycles. The van der Waals surface area contributed by atoms with Gasteiger partial charge in [0.05, 0.1) is 0 Å². The second-order valence-corrected chi connectivity index (χ2v) is 13.6. The van der Waals surface area contributed by atoms with Gasteiger partial charge < -0.3 is 11.5 Å². The van der Waals surface area contributed by atoms with E-state index in [0.29, 0.717) is 13.0 Å². The first-order chi connectivity index (χ1) is 22.0. The number of hydrogen-bond acceptors (Lipinski definition) is 2. The lowest BCUT2D eigenvalue weighted by Gasteiger charge is -2.03. The SMILES string of the molecule is CCC.CCCCCCCCCCCCCCCCCC.CCCCCCCCCCCCCCCCCC.NCCC(N)=O. The molecule has 0 aromatic rings. The van der Waals surface area contributed by atoms with E-state index in [0.717, 1.165) is 0 Å². The van der Waals surface area contributed by atoms with Gasteiger partial charge in [0.25, 0.3) is 0 Å². The van der Waals surface area contributed by atoms with Crippen LogP contribution < -0.4 is 11.5 Å². The van der Waals surface area contributed by atoms with Gasteiger partial charge in [-0.1, -0.05) is 253 Å². The highest BCUT2D eigenvalue weighted by molar-refractivity contribution is 5.73. The Bertz CT molecular complexity index is 390. The van der Waals surface area contributed by atoms with Crippen LogP contribution in [0.2, 0.25) is 0 Å². The van der Waals surface area contributed by atoms with Gasteiger partial charge in [0.1, 0.15) is 0 Å². The third-order valence-electron chi connectivity index (χ3n) is 8.30. The van der Waals surface area contributed by atoms with Gasteiger partial charge in [0.2, 0.25) is 5.91 Å². The molecule has 0 spiro atoms. The summed E-state index contributed by atoms with van der Waals surface area (Å²) in [6.07, 6.45) is 48.4. The van der Waals surface area contributed by atoms with Crippen LogP contribution >= 0.6 is 0 Å². The molecule has 0 fully saturated rings. The lowest BCUT2D eigenvalue weighted by atomic mass is 10.0. The molecule has 3 heteroatoms. The number of primary amides is 1. The van der Waals surface area contributed by atoms with Crippen molar-refractivity contribution in [1.82, 2.24) is 0 Å². The minimum atomic E-state index is -0.336. The quantitative estimate of drug-likeness (QED) is 0.0718. The first-order valence-electron chi connectivity index (χ1n) is 21.0. The van der Waals surface area contributed by atoms with Crippen molar-refractivity contribution in [3.8, 4) is 0 Å². The van der Waals surface area contributed by atoms with Gasteiger partial charge in [0.15, 0.2) is 0 Å². The fourth-order valence-corrected chi connectivity index (χ4v) is 5.38. The summed E-state index contributed by atoms with van der Waals surface area (Å²) in [5, 5.41) is 0. The molecule has 0 atom stereocenters. The lowest BCUT2D eigenvalue weighted by Crippen LogP contribution is -2.15. The average Bonchev–Trinajstić information content (AvgIpc) is 3.02. The number of amides is 1. The maximum absolute atomic E-state index is 9.74. The summed E-state index contributed by atoms with van der Waals surface area (Å²) in [6.45, 7) is 13.8. The van der Waals surface area contributed by atoms with Crippen LogP contribution in [-0.4, -0.2) is 12.5 Å². The van der Waals surface area contributed by atoms with Gasteiger partial charge in [-0.25, -0.2) is 0 Å². The second-order valence-electron chi connectivity index (χ2n) is 13.6. The molecule has 4 N–H and O–H groups in total. The highest BCUT2D eigenvalue weighted by Gasteiger charge is 1.95. The van der Waals surface area contributed by atoms with Gasteiger partial charge in [-0.2, -0.15) is 0 Å². The van der Waals surface area contributed by atoms with Gasteiger partial charge in [-0.3, -0.25) is 4.79 Å². The number of nitrogens with two attached hydrogens (primary N) is 2. The van der Waals surface area contributed by atoms with E-state index in [1.165, 1.54) is 212 Å². The third-order valence-corrected chi connectivity index (χ3v) is 8.30. The zero-order chi connectivity index (χ0) is 34.3. The van der Waals surface area contributed by atoms with Crippen LogP contribution in [0.15, 0.2) is 0 Å². The monoisotopic (exact) mass is 641 g/mol. The zero-order valence-corrected chi connectivity index (χ0v) is 32.8. The smallest absolute Gasteiger partial charge is 0.218 e. The standard InChI is InChI=1S/2C18H38.C3H8N2O.C3H8/c2*1-3-5-7-9-11-13-15-17-18-16-14-12-10-8-6-4-2;4-2-1-3(5)6;1-3-2/h2*3-18H2,1-2H3;1-2,4H2,(H2,5,6);3H2,1-2H3. The maximum Gasteiger partial charge on any atom is 0.218 e. The van der Waals surface area contributed by atoms with E-state index in [2.05, 4.69) is 47.3 Å². The van der Waals surface area contributed by atoms with Gasteiger partial charge in [-0.05, 0) is 0 Å². The summed E-state index contributed by atoms with van der Waals surface area (Å²) in [6, 6.07) is 0. The first-order valence-corrected chi connectivity index (χ1v) is 21.0. The van der Waals surface area contributed by atoms with E-state index < -0.39 is 0 Å². The van der Waals surface area contributed by atoms with E-state index in [4.69, 9.17) is 5.73 Å². The topological polar surface area (TPSA) is 69.1 Å². The molecule has 0 rings (SSSR count). The first kappa shape index (κ1) is 51.3. The van der Waals surface area contributed by atoms with Crippen molar-refractivity contribution >= 4 is 5.91 Å². The Morgan fingerprint density at radius 2 is 0.467 bits per heavy atom. The molecule has 0 radical (unpaired) electrons. The van der Waals surface area contributed by atoms with Crippen molar-refractivity contribution in [3.05, 3.63) is 0 Å². The van der Waals surface area contributed by atoms with Crippen LogP contribution in [0.25, 0.3) is 0 Å². The van der Waals surface area contributed by atoms with Crippen LogP contribution in [0.5, 0.6) is 0 Å². The molecular weight excluding hydrogens is 548 g/mol. The van der Waals surface area contributed by atoms with E-state index in [9.17, 15) is 4.79 Å². The van der Waals surface area contributed by atoms with Crippen molar-refractivity contribution in [3.63, 3.8) is 0 Å². The molecule has 45 heavy (non-hydrogen) atoms. The van der Waals surface area contributed by atoms with Gasteiger partial charge in [-0.15, -0.1) is 0 Å². The zero-order valence-electron chi connectivity index (χ0n) is 32.8. The van der Waals surface area contributed by atoms with E-state index in [1.54, 1.807) is 0 Å². The molecule has 0 saturated heterocycles. The molecular formula is C42H92N2O. The van der Waals surface area contributed by atoms with Crippen molar-refractivity contribution in [2.45, 2.75) is 260 Å². The number of carbonyl (C=O) groups excluding carboxylic acids is 1. The summed E-state index contributed by atoms with van der Waals surface area (Å²) in [5.74, 6) is -0.336. The van der Waals surface area contributed by atoms with E-state index in [-0.39, 0.29) is 5.91 Å². The number of hydrogen-bond donors (Lipinski definition) is 2. The summed E-state index contributed by atoms with van der Waals surface area (Å²) in [5.41, 5.74) is 9.61. The number of carbonyl (C=O) groups is 1. The Kier molecular flexibility index (Phi) is 63.6. The predicted octanol–water partition coefficient (Wildman–Crippen LogP) is 14.8. The molecule has 0 unspecified atom stereocenters. The van der Waals surface area contributed by atoms with E-state index in [1.807, 2.05) is 0 Å². The highest BCUT2D eigenvalue weighted by Crippen LogP contribution is 2.15. The van der Waals surface area contributed by atoms with Gasteiger partial charge >= 0.3 is 0 Å². The Hall–Kier alpha value is -0.570. The summed E-state index contributed by atoms with van der Waals surface area (Å²) < 4.78 is 0. The molecule has 1 amide bonds. The van der Waals surface area contributed by atoms with Crippen LogP contribution in [0, 0.1) is 0 Å². The minimum Gasteiger partial charge on any atom is -0.370 e. The summed E-state index contributed by atoms with van der Waals surface area (Å²) >= 11 is 0. The van der Waals surface area contributed by atoms with Crippen molar-refractivity contribution in [2.24, 2.45) is 11.5 Å². The molecule has 0 heterocycles. The number of rotatable bonds is 32. The Balaban J connectivity index is -0.000000294. The molecule has 0 aliphatic rings. The summed E-state index contributed by atoms with van der Waals surface area (Å²) in [4.78, 5) is 9.74. The van der Waals surface area contributed by atoms with Crippen LogP contribution in [0.4, 0.5) is 0 Å². The van der Waals surface area contributed by atoms with Crippen molar-refractivity contribution in [2.75, 3.05) is 6.54 Å². The van der Waals surface area contributed by atoms with Crippen molar-refractivity contribution in [1.29, 1.82) is 0 Å². The largest absolute Gasteiger partial charge is 0.370 e. The van der Waals surface area contributed by atoms with Crippen LogP contribution in [0.3, 0.4) is 0 Å².